The van der Waals surface area contributed by atoms with Crippen molar-refractivity contribution in [2.24, 2.45) is 0 Å². The predicted molar refractivity (Wildman–Crippen MR) is 69.6 cm³/mol. The van der Waals surface area contributed by atoms with E-state index in [0.717, 1.165) is 18.3 Å². The molecule has 1 aromatic heterocycles. The number of benzene rings is 1. The van der Waals surface area contributed by atoms with Crippen LogP contribution in [0.5, 0.6) is 0 Å². The molecule has 0 aliphatic heterocycles. The second-order valence-electron chi connectivity index (χ2n) is 3.96. The summed E-state index contributed by atoms with van der Waals surface area (Å²) < 4.78 is 39.6. The minimum absolute atomic E-state index is 0.121. The van der Waals surface area contributed by atoms with Crippen LogP contribution in [0.1, 0.15) is 5.56 Å². The minimum Gasteiger partial charge on any atom is -0.358 e. The van der Waals surface area contributed by atoms with Gasteiger partial charge in [-0.05, 0) is 26.9 Å². The van der Waals surface area contributed by atoms with Gasteiger partial charge in [-0.1, -0.05) is 0 Å². The topological polar surface area (TPSA) is 104 Å². The Kier molecular flexibility index (Phi) is 3.87. The first-order valence-corrected chi connectivity index (χ1v) is 6.16. The van der Waals surface area contributed by atoms with E-state index < -0.39 is 38.8 Å². The first-order valence-electron chi connectivity index (χ1n) is 5.37. The highest BCUT2D eigenvalue weighted by atomic mass is 79.9. The van der Waals surface area contributed by atoms with E-state index in [1.807, 2.05) is 0 Å². The van der Waals surface area contributed by atoms with Crippen molar-refractivity contribution in [1.29, 1.82) is 0 Å². The maximum Gasteiger partial charge on any atom is 0.418 e. The first-order chi connectivity index (χ1) is 10.1. The van der Waals surface area contributed by atoms with Gasteiger partial charge in [0.2, 0.25) is 0 Å². The average Bonchev–Trinajstić information content (AvgIpc) is 2.79. The number of halogens is 4. The summed E-state index contributed by atoms with van der Waals surface area (Å²) in [6, 6.07) is 2.02. The van der Waals surface area contributed by atoms with Crippen LogP contribution in [0.15, 0.2) is 28.9 Å². The fourth-order valence-electron chi connectivity index (χ4n) is 1.66. The maximum absolute atomic E-state index is 13.0. The summed E-state index contributed by atoms with van der Waals surface area (Å²) in [7, 11) is 0. The summed E-state index contributed by atoms with van der Waals surface area (Å²) in [6.45, 7) is 0. The summed E-state index contributed by atoms with van der Waals surface area (Å²) in [5.41, 5.74) is -2.64. The standard InChI is InChI=1S/C10H4BrF3N4O4/c11-7-4-16(15-9(7)18(21)22)8-2-1-5(17(19)20)3-6(8)10(12,13)14/h1-4H. The van der Waals surface area contributed by atoms with Gasteiger partial charge in [0.25, 0.3) is 5.69 Å². The molecule has 0 saturated heterocycles. The van der Waals surface area contributed by atoms with Crippen LogP contribution in [0.3, 0.4) is 0 Å². The molecule has 22 heavy (non-hydrogen) atoms. The fraction of sp³-hybridized carbons (Fsp3) is 0.100. The number of hydrogen-bond donors (Lipinski definition) is 0. The van der Waals surface area contributed by atoms with Gasteiger partial charge in [-0.2, -0.15) is 13.2 Å². The van der Waals surface area contributed by atoms with Crippen LogP contribution in [0.4, 0.5) is 24.7 Å². The van der Waals surface area contributed by atoms with Crippen LogP contribution in [-0.2, 0) is 6.18 Å². The Hall–Kier alpha value is -2.50. The molecule has 0 bridgehead atoms. The molecule has 116 valence electrons. The minimum atomic E-state index is -4.89. The van der Waals surface area contributed by atoms with Gasteiger partial charge in [0.05, 0.1) is 21.8 Å². The van der Waals surface area contributed by atoms with Crippen LogP contribution < -0.4 is 0 Å². The van der Waals surface area contributed by atoms with E-state index in [0.29, 0.717) is 10.7 Å². The van der Waals surface area contributed by atoms with E-state index in [4.69, 9.17) is 0 Å². The third kappa shape index (κ3) is 2.90. The van der Waals surface area contributed by atoms with Crippen LogP contribution >= 0.6 is 15.9 Å². The molecular formula is C10H4BrF3N4O4. The Morgan fingerprint density at radius 1 is 1.18 bits per heavy atom. The Bertz CT molecular complexity index is 774. The molecule has 0 amide bonds. The van der Waals surface area contributed by atoms with Crippen LogP contribution in [0.25, 0.3) is 5.69 Å². The van der Waals surface area contributed by atoms with Gasteiger partial charge in [0, 0.05) is 12.1 Å². The molecule has 2 rings (SSSR count). The van der Waals surface area contributed by atoms with Crippen molar-refractivity contribution in [3.05, 3.63) is 54.7 Å². The highest BCUT2D eigenvalue weighted by Crippen LogP contribution is 2.37. The van der Waals surface area contributed by atoms with E-state index in [2.05, 4.69) is 21.0 Å². The Balaban J connectivity index is 2.67. The third-order valence-corrected chi connectivity index (χ3v) is 3.13. The lowest BCUT2D eigenvalue weighted by Crippen LogP contribution is -2.12. The van der Waals surface area contributed by atoms with Gasteiger partial charge < -0.3 is 10.1 Å². The summed E-state index contributed by atoms with van der Waals surface area (Å²) in [5, 5.41) is 24.7. The first kappa shape index (κ1) is 15.9. The number of rotatable bonds is 3. The van der Waals surface area contributed by atoms with E-state index in [-0.39, 0.29) is 4.47 Å². The van der Waals surface area contributed by atoms with E-state index in [9.17, 15) is 33.4 Å². The summed E-state index contributed by atoms with van der Waals surface area (Å²) >= 11 is 2.81. The molecule has 0 N–H and O–H groups in total. The normalized spacial score (nSPS) is 11.5. The molecule has 0 spiro atoms. The van der Waals surface area contributed by atoms with Gasteiger partial charge in [-0.3, -0.25) is 10.1 Å². The summed E-state index contributed by atoms with van der Waals surface area (Å²) in [4.78, 5) is 19.4. The molecular weight excluding hydrogens is 377 g/mol. The molecule has 1 heterocycles. The molecule has 2 aromatic rings. The second-order valence-corrected chi connectivity index (χ2v) is 4.81. The number of non-ortho nitro benzene ring substituents is 1. The van der Waals surface area contributed by atoms with Gasteiger partial charge in [-0.25, -0.2) is 0 Å². The van der Waals surface area contributed by atoms with E-state index in [1.54, 1.807) is 0 Å². The maximum atomic E-state index is 13.0. The van der Waals surface area contributed by atoms with Gasteiger partial charge in [0.1, 0.15) is 10.2 Å². The largest absolute Gasteiger partial charge is 0.418 e. The lowest BCUT2D eigenvalue weighted by molar-refractivity contribution is -0.390. The van der Waals surface area contributed by atoms with Gasteiger partial charge in [0.15, 0.2) is 0 Å². The molecule has 0 fully saturated rings. The van der Waals surface area contributed by atoms with Crippen molar-refractivity contribution >= 4 is 27.4 Å². The summed E-state index contributed by atoms with van der Waals surface area (Å²) in [6.07, 6.45) is -3.93. The number of aromatic nitrogens is 2. The molecule has 8 nitrogen and oxygen atoms in total. The predicted octanol–water partition coefficient (Wildman–Crippen LogP) is 3.47. The Morgan fingerprint density at radius 2 is 1.82 bits per heavy atom. The Morgan fingerprint density at radius 3 is 2.27 bits per heavy atom. The monoisotopic (exact) mass is 380 g/mol. The van der Waals surface area contributed by atoms with Crippen LogP contribution in [0.2, 0.25) is 0 Å². The molecule has 0 saturated carbocycles. The second kappa shape index (κ2) is 5.36. The highest BCUT2D eigenvalue weighted by molar-refractivity contribution is 9.10. The molecule has 12 heteroatoms. The lowest BCUT2D eigenvalue weighted by atomic mass is 10.1. The Labute approximate surface area is 127 Å². The van der Waals surface area contributed by atoms with Gasteiger partial charge in [-0.15, -0.1) is 4.68 Å². The smallest absolute Gasteiger partial charge is 0.358 e. The third-order valence-electron chi connectivity index (χ3n) is 2.57. The van der Waals surface area contributed by atoms with Crippen molar-refractivity contribution in [1.82, 2.24) is 9.78 Å². The molecule has 0 radical (unpaired) electrons. The highest BCUT2D eigenvalue weighted by Gasteiger charge is 2.37. The fourth-order valence-corrected chi connectivity index (χ4v) is 2.07. The summed E-state index contributed by atoms with van der Waals surface area (Å²) in [5.74, 6) is -0.675. The van der Waals surface area contributed by atoms with Crippen molar-refractivity contribution in [2.45, 2.75) is 6.18 Å². The lowest BCUT2D eigenvalue weighted by Gasteiger charge is -2.10. The molecule has 0 atom stereocenters. The number of alkyl halides is 3. The number of nitro groups is 2. The number of hydrogen-bond acceptors (Lipinski definition) is 5. The van der Waals surface area contributed by atoms with Gasteiger partial charge >= 0.3 is 12.0 Å². The zero-order valence-corrected chi connectivity index (χ0v) is 11.8. The van der Waals surface area contributed by atoms with Crippen LogP contribution in [-0.4, -0.2) is 19.6 Å². The molecule has 1 aromatic carbocycles. The van der Waals surface area contributed by atoms with Crippen molar-refractivity contribution in [3.63, 3.8) is 0 Å². The number of nitro benzene ring substituents is 1. The van der Waals surface area contributed by atoms with E-state index in [1.165, 1.54) is 0 Å². The van der Waals surface area contributed by atoms with Crippen molar-refractivity contribution in [2.75, 3.05) is 0 Å². The molecule has 0 aliphatic carbocycles. The zero-order valence-electron chi connectivity index (χ0n) is 10.2. The molecule has 0 unspecified atom stereocenters. The van der Waals surface area contributed by atoms with Crippen molar-refractivity contribution in [3.8, 4) is 5.69 Å². The number of nitrogens with zero attached hydrogens (tertiary/aromatic N) is 4. The SMILES string of the molecule is O=[N+]([O-])c1ccc(-n2cc(Br)c([N+](=O)[O-])n2)c(C(F)(F)F)c1. The zero-order chi connectivity index (χ0) is 16.7. The quantitative estimate of drug-likeness (QED) is 0.598. The van der Waals surface area contributed by atoms with Crippen molar-refractivity contribution < 1.29 is 23.0 Å². The van der Waals surface area contributed by atoms with Crippen LogP contribution in [0, 0.1) is 20.2 Å². The molecule has 0 aliphatic rings. The van der Waals surface area contributed by atoms with E-state index >= 15 is 0 Å². The average molecular weight is 381 g/mol.